The third kappa shape index (κ3) is 2.64. The van der Waals surface area contributed by atoms with Crippen molar-refractivity contribution >= 4 is 11.8 Å². The molecule has 0 bridgehead atoms. The summed E-state index contributed by atoms with van der Waals surface area (Å²) in [6.07, 6.45) is 3.24. The van der Waals surface area contributed by atoms with Crippen molar-refractivity contribution in [2.75, 3.05) is 13.7 Å². The molecule has 100 valence electrons. The van der Waals surface area contributed by atoms with Gasteiger partial charge in [-0.2, -0.15) is 0 Å². The molecule has 0 N–H and O–H groups in total. The van der Waals surface area contributed by atoms with E-state index in [1.54, 1.807) is 7.11 Å². The van der Waals surface area contributed by atoms with Gasteiger partial charge in [0, 0.05) is 12.1 Å². The summed E-state index contributed by atoms with van der Waals surface area (Å²) in [5, 5.41) is 0. The van der Waals surface area contributed by atoms with E-state index >= 15 is 0 Å². The van der Waals surface area contributed by atoms with Gasteiger partial charge in [0.05, 0.1) is 12.8 Å². The molecule has 0 atom stereocenters. The van der Waals surface area contributed by atoms with E-state index < -0.39 is 0 Å². The predicted octanol–water partition coefficient (Wildman–Crippen LogP) is 3.97. The summed E-state index contributed by atoms with van der Waals surface area (Å²) in [5.74, 6) is 0.876. The molecule has 2 heteroatoms. The van der Waals surface area contributed by atoms with Crippen LogP contribution in [0.2, 0.25) is 0 Å². The minimum Gasteiger partial charge on any atom is -0.497 e. The van der Waals surface area contributed by atoms with Gasteiger partial charge in [-0.15, -0.1) is 0 Å². The van der Waals surface area contributed by atoms with E-state index in [2.05, 4.69) is 47.5 Å². The summed E-state index contributed by atoms with van der Waals surface area (Å²) in [4.78, 5) is 4.65. The molecular weight excluding hydrogens is 246 g/mol. The maximum absolute atomic E-state index is 5.20. The largest absolute Gasteiger partial charge is 0.497 e. The molecule has 0 unspecified atom stereocenters. The Labute approximate surface area is 119 Å². The van der Waals surface area contributed by atoms with Crippen molar-refractivity contribution in [3.05, 3.63) is 71.3 Å². The summed E-state index contributed by atoms with van der Waals surface area (Å²) in [5.41, 5.74) is 4.80. The number of nitrogens with zero attached hydrogens (tertiary/aromatic N) is 1. The van der Waals surface area contributed by atoms with E-state index in [0.29, 0.717) is 0 Å². The van der Waals surface area contributed by atoms with Crippen LogP contribution in [-0.2, 0) is 0 Å². The minimum atomic E-state index is 0.875. The van der Waals surface area contributed by atoms with Gasteiger partial charge in [0.2, 0.25) is 0 Å². The monoisotopic (exact) mass is 263 g/mol. The number of rotatable bonds is 3. The quantitative estimate of drug-likeness (QED) is 0.821. The van der Waals surface area contributed by atoms with Crippen LogP contribution < -0.4 is 4.74 Å². The maximum Gasteiger partial charge on any atom is 0.118 e. The molecule has 1 heterocycles. The standard InChI is InChI=1S/C18H17NO/c1-20-17-9-7-15(8-10-17)18-16(11-12-19-18)13-14-5-3-2-4-6-14/h2-10,13H,11-12H2,1H3/b16-13+. The second kappa shape index (κ2) is 5.74. The fourth-order valence-corrected chi connectivity index (χ4v) is 2.42. The van der Waals surface area contributed by atoms with Crippen LogP contribution in [0.5, 0.6) is 5.75 Å². The van der Waals surface area contributed by atoms with Crippen LogP contribution >= 0.6 is 0 Å². The van der Waals surface area contributed by atoms with Gasteiger partial charge < -0.3 is 4.74 Å². The molecule has 1 aliphatic rings. The van der Waals surface area contributed by atoms with Crippen molar-refractivity contribution in [3.63, 3.8) is 0 Å². The van der Waals surface area contributed by atoms with Gasteiger partial charge in [-0.3, -0.25) is 4.99 Å². The van der Waals surface area contributed by atoms with Gasteiger partial charge in [-0.05, 0) is 47.9 Å². The molecule has 2 nitrogen and oxygen atoms in total. The molecule has 0 aliphatic carbocycles. The minimum absolute atomic E-state index is 0.875. The number of hydrogen-bond donors (Lipinski definition) is 0. The van der Waals surface area contributed by atoms with Crippen molar-refractivity contribution < 1.29 is 4.74 Å². The predicted molar refractivity (Wildman–Crippen MR) is 83.4 cm³/mol. The zero-order valence-corrected chi connectivity index (χ0v) is 11.5. The molecule has 0 saturated heterocycles. The summed E-state index contributed by atoms with van der Waals surface area (Å²) in [6.45, 7) is 0.875. The first-order chi connectivity index (χ1) is 9.86. The smallest absolute Gasteiger partial charge is 0.118 e. The normalized spacial score (nSPS) is 16.2. The number of benzene rings is 2. The van der Waals surface area contributed by atoms with Crippen LogP contribution in [0.25, 0.3) is 6.08 Å². The van der Waals surface area contributed by atoms with Crippen molar-refractivity contribution in [1.29, 1.82) is 0 Å². The van der Waals surface area contributed by atoms with Crippen LogP contribution in [0.3, 0.4) is 0 Å². The van der Waals surface area contributed by atoms with Crippen LogP contribution in [0.1, 0.15) is 17.5 Å². The van der Waals surface area contributed by atoms with Crippen LogP contribution in [0.4, 0.5) is 0 Å². The van der Waals surface area contributed by atoms with E-state index in [1.165, 1.54) is 11.1 Å². The average molecular weight is 263 g/mol. The Kier molecular flexibility index (Phi) is 3.64. The Balaban J connectivity index is 1.90. The van der Waals surface area contributed by atoms with Crippen LogP contribution in [-0.4, -0.2) is 19.4 Å². The lowest BCUT2D eigenvalue weighted by Crippen LogP contribution is -2.00. The van der Waals surface area contributed by atoms with Crippen molar-refractivity contribution in [3.8, 4) is 5.75 Å². The lowest BCUT2D eigenvalue weighted by molar-refractivity contribution is 0.415. The number of hydrogen-bond acceptors (Lipinski definition) is 2. The Morgan fingerprint density at radius 3 is 2.45 bits per heavy atom. The Morgan fingerprint density at radius 1 is 1.00 bits per heavy atom. The Hall–Kier alpha value is -2.35. The molecular formula is C18H17NO. The SMILES string of the molecule is COc1ccc(C2=NCC/C2=C\c2ccccc2)cc1. The van der Waals surface area contributed by atoms with Gasteiger partial charge in [0.25, 0.3) is 0 Å². The highest BCUT2D eigenvalue weighted by Gasteiger charge is 2.15. The molecule has 2 aromatic rings. The summed E-state index contributed by atoms with van der Waals surface area (Å²) in [6, 6.07) is 18.5. The molecule has 0 aromatic heterocycles. The van der Waals surface area contributed by atoms with Crippen molar-refractivity contribution in [2.24, 2.45) is 4.99 Å². The highest BCUT2D eigenvalue weighted by atomic mass is 16.5. The summed E-state index contributed by atoms with van der Waals surface area (Å²) in [7, 11) is 1.68. The molecule has 1 aliphatic heterocycles. The van der Waals surface area contributed by atoms with Crippen molar-refractivity contribution in [2.45, 2.75) is 6.42 Å². The number of aliphatic imine (C=N–C) groups is 1. The maximum atomic E-state index is 5.20. The average Bonchev–Trinajstić information content (AvgIpc) is 2.96. The first-order valence-corrected chi connectivity index (χ1v) is 6.82. The first kappa shape index (κ1) is 12.7. The van der Waals surface area contributed by atoms with E-state index in [1.807, 2.05) is 18.2 Å². The van der Waals surface area contributed by atoms with Crippen molar-refractivity contribution in [1.82, 2.24) is 0 Å². The van der Waals surface area contributed by atoms with Crippen LogP contribution in [0, 0.1) is 0 Å². The topological polar surface area (TPSA) is 21.6 Å². The Bertz CT molecular complexity index is 639. The lowest BCUT2D eigenvalue weighted by atomic mass is 10.00. The lowest BCUT2D eigenvalue weighted by Gasteiger charge is -2.06. The second-order valence-electron chi connectivity index (χ2n) is 4.79. The van der Waals surface area contributed by atoms with Crippen LogP contribution in [0.15, 0.2) is 65.2 Å². The molecule has 0 radical (unpaired) electrons. The number of ether oxygens (including phenoxy) is 1. The van der Waals surface area contributed by atoms with Gasteiger partial charge in [0.1, 0.15) is 5.75 Å². The van der Waals surface area contributed by atoms with E-state index in [4.69, 9.17) is 4.74 Å². The summed E-state index contributed by atoms with van der Waals surface area (Å²) < 4.78 is 5.20. The first-order valence-electron chi connectivity index (χ1n) is 6.82. The molecule has 0 fully saturated rings. The molecule has 0 amide bonds. The number of methoxy groups -OCH3 is 1. The zero-order valence-electron chi connectivity index (χ0n) is 11.5. The van der Waals surface area contributed by atoms with E-state index in [9.17, 15) is 0 Å². The summed E-state index contributed by atoms with van der Waals surface area (Å²) >= 11 is 0. The molecule has 0 spiro atoms. The van der Waals surface area contributed by atoms with E-state index in [0.717, 1.165) is 30.0 Å². The molecule has 20 heavy (non-hydrogen) atoms. The molecule has 2 aromatic carbocycles. The molecule has 3 rings (SSSR count). The third-order valence-corrected chi connectivity index (χ3v) is 3.46. The fourth-order valence-electron chi connectivity index (χ4n) is 2.42. The highest BCUT2D eigenvalue weighted by Crippen LogP contribution is 2.23. The van der Waals surface area contributed by atoms with Gasteiger partial charge >= 0.3 is 0 Å². The van der Waals surface area contributed by atoms with Gasteiger partial charge in [-0.1, -0.05) is 30.3 Å². The Morgan fingerprint density at radius 2 is 1.75 bits per heavy atom. The molecule has 0 saturated carbocycles. The highest BCUT2D eigenvalue weighted by molar-refractivity contribution is 6.16. The van der Waals surface area contributed by atoms with E-state index in [-0.39, 0.29) is 0 Å². The fraction of sp³-hybridized carbons (Fsp3) is 0.167. The zero-order chi connectivity index (χ0) is 13.8. The van der Waals surface area contributed by atoms with Gasteiger partial charge in [0.15, 0.2) is 0 Å². The third-order valence-electron chi connectivity index (χ3n) is 3.46. The van der Waals surface area contributed by atoms with Gasteiger partial charge in [-0.25, -0.2) is 0 Å². The second-order valence-corrected chi connectivity index (χ2v) is 4.79.